The van der Waals surface area contributed by atoms with E-state index in [1.807, 2.05) is 19.4 Å². The Morgan fingerprint density at radius 1 is 1.53 bits per heavy atom. The summed E-state index contributed by atoms with van der Waals surface area (Å²) < 4.78 is 1.79. The molecule has 15 heavy (non-hydrogen) atoms. The third-order valence-corrected chi connectivity index (χ3v) is 2.33. The van der Waals surface area contributed by atoms with Crippen LogP contribution in [0.25, 0.3) is 0 Å². The van der Waals surface area contributed by atoms with Gasteiger partial charge in [0.1, 0.15) is 0 Å². The average Bonchev–Trinajstić information content (AvgIpc) is 2.58. The molecule has 0 aliphatic heterocycles. The fourth-order valence-corrected chi connectivity index (χ4v) is 1.62. The Morgan fingerprint density at radius 3 is 2.73 bits per heavy atom. The van der Waals surface area contributed by atoms with E-state index in [1.165, 1.54) is 0 Å². The first-order valence-electron chi connectivity index (χ1n) is 5.43. The summed E-state index contributed by atoms with van der Waals surface area (Å²) in [5.41, 5.74) is 1.15. The maximum absolute atomic E-state index is 9.17. The Labute approximate surface area is 91.3 Å². The van der Waals surface area contributed by atoms with Crippen LogP contribution in [0.1, 0.15) is 25.8 Å². The SMILES string of the molecule is CC(C)C[C@H](CO)NCc1cnn(C)c1. The number of hydrogen-bond donors (Lipinski definition) is 2. The van der Waals surface area contributed by atoms with Crippen LogP contribution in [0.5, 0.6) is 0 Å². The number of nitrogens with one attached hydrogen (secondary N) is 1. The Kier molecular flexibility index (Phi) is 4.78. The zero-order valence-electron chi connectivity index (χ0n) is 9.77. The van der Waals surface area contributed by atoms with Crippen LogP contribution in [0.3, 0.4) is 0 Å². The normalized spacial score (nSPS) is 13.4. The van der Waals surface area contributed by atoms with Gasteiger partial charge in [-0.25, -0.2) is 0 Å². The van der Waals surface area contributed by atoms with Crippen LogP contribution in [-0.2, 0) is 13.6 Å². The molecule has 86 valence electrons. The summed E-state index contributed by atoms with van der Waals surface area (Å²) in [6, 6.07) is 0.185. The molecule has 1 heterocycles. The van der Waals surface area contributed by atoms with Crippen molar-refractivity contribution in [2.75, 3.05) is 6.61 Å². The van der Waals surface area contributed by atoms with Gasteiger partial charge in [-0.2, -0.15) is 5.10 Å². The van der Waals surface area contributed by atoms with E-state index in [4.69, 9.17) is 0 Å². The van der Waals surface area contributed by atoms with E-state index in [1.54, 1.807) is 4.68 Å². The van der Waals surface area contributed by atoms with Crippen LogP contribution in [0.15, 0.2) is 12.4 Å². The van der Waals surface area contributed by atoms with Gasteiger partial charge in [0.05, 0.1) is 12.8 Å². The first-order chi connectivity index (χ1) is 7.11. The van der Waals surface area contributed by atoms with Crippen molar-refractivity contribution in [3.05, 3.63) is 18.0 Å². The van der Waals surface area contributed by atoms with E-state index >= 15 is 0 Å². The van der Waals surface area contributed by atoms with E-state index in [9.17, 15) is 5.11 Å². The minimum atomic E-state index is 0.185. The minimum Gasteiger partial charge on any atom is -0.395 e. The summed E-state index contributed by atoms with van der Waals surface area (Å²) in [5, 5.41) is 16.6. The number of aliphatic hydroxyl groups excluding tert-OH is 1. The first kappa shape index (κ1) is 12.2. The molecule has 1 aromatic rings. The highest BCUT2D eigenvalue weighted by molar-refractivity contribution is 5.03. The fraction of sp³-hybridized carbons (Fsp3) is 0.727. The molecule has 1 aromatic heterocycles. The number of aromatic nitrogens is 2. The van der Waals surface area contributed by atoms with Crippen molar-refractivity contribution in [1.82, 2.24) is 15.1 Å². The summed E-state index contributed by atoms with van der Waals surface area (Å²) >= 11 is 0. The summed E-state index contributed by atoms with van der Waals surface area (Å²) in [4.78, 5) is 0. The molecule has 0 aliphatic carbocycles. The van der Waals surface area contributed by atoms with Crippen molar-refractivity contribution >= 4 is 0 Å². The second-order valence-corrected chi connectivity index (χ2v) is 4.41. The molecule has 0 unspecified atom stereocenters. The molecule has 0 radical (unpaired) electrons. The average molecular weight is 211 g/mol. The number of nitrogens with zero attached hydrogens (tertiary/aromatic N) is 2. The molecule has 4 heteroatoms. The van der Waals surface area contributed by atoms with Crippen LogP contribution in [0.2, 0.25) is 0 Å². The van der Waals surface area contributed by atoms with Gasteiger partial charge in [-0.15, -0.1) is 0 Å². The Morgan fingerprint density at radius 2 is 2.27 bits per heavy atom. The maximum atomic E-state index is 9.17. The molecule has 0 saturated carbocycles. The highest BCUT2D eigenvalue weighted by atomic mass is 16.3. The second kappa shape index (κ2) is 5.88. The van der Waals surface area contributed by atoms with Gasteiger partial charge < -0.3 is 10.4 Å². The third kappa shape index (κ3) is 4.44. The van der Waals surface area contributed by atoms with Crippen molar-refractivity contribution < 1.29 is 5.11 Å². The first-order valence-corrected chi connectivity index (χ1v) is 5.43. The summed E-state index contributed by atoms with van der Waals surface area (Å²) in [6.07, 6.45) is 4.82. The molecule has 0 saturated heterocycles. The topological polar surface area (TPSA) is 50.1 Å². The largest absolute Gasteiger partial charge is 0.395 e. The lowest BCUT2D eigenvalue weighted by Gasteiger charge is -2.17. The van der Waals surface area contributed by atoms with Crippen molar-refractivity contribution in [2.45, 2.75) is 32.9 Å². The standard InChI is InChI=1S/C11H21N3O/c1-9(2)4-11(8-15)12-5-10-6-13-14(3)7-10/h6-7,9,11-12,15H,4-5,8H2,1-3H3/t11-/m1/s1. The molecule has 1 atom stereocenters. The maximum Gasteiger partial charge on any atom is 0.0584 e. The quantitative estimate of drug-likeness (QED) is 0.735. The van der Waals surface area contributed by atoms with Crippen LogP contribution >= 0.6 is 0 Å². The molecule has 0 spiro atoms. The van der Waals surface area contributed by atoms with Crippen molar-refractivity contribution in [3.63, 3.8) is 0 Å². The van der Waals surface area contributed by atoms with E-state index in [0.717, 1.165) is 18.5 Å². The van der Waals surface area contributed by atoms with Gasteiger partial charge in [0.25, 0.3) is 0 Å². The summed E-state index contributed by atoms with van der Waals surface area (Å²) in [7, 11) is 1.90. The van der Waals surface area contributed by atoms with Crippen LogP contribution in [0.4, 0.5) is 0 Å². The molecular formula is C11H21N3O. The molecule has 0 aromatic carbocycles. The van der Waals surface area contributed by atoms with Gasteiger partial charge in [0.2, 0.25) is 0 Å². The summed E-state index contributed by atoms with van der Waals surface area (Å²) in [6.45, 7) is 5.28. The van der Waals surface area contributed by atoms with Gasteiger partial charge in [0.15, 0.2) is 0 Å². The van der Waals surface area contributed by atoms with Gasteiger partial charge in [-0.05, 0) is 12.3 Å². The molecule has 4 nitrogen and oxygen atoms in total. The predicted octanol–water partition coefficient (Wildman–Crippen LogP) is 0.917. The number of aryl methyl sites for hydroxylation is 1. The lowest BCUT2D eigenvalue weighted by atomic mass is 10.0. The number of rotatable bonds is 6. The highest BCUT2D eigenvalue weighted by Crippen LogP contribution is 2.05. The van der Waals surface area contributed by atoms with Crippen molar-refractivity contribution in [2.24, 2.45) is 13.0 Å². The Balaban J connectivity index is 2.34. The van der Waals surface area contributed by atoms with Crippen molar-refractivity contribution in [3.8, 4) is 0 Å². The molecule has 0 aliphatic rings. The van der Waals surface area contributed by atoms with E-state index in [0.29, 0.717) is 5.92 Å². The number of aliphatic hydroxyl groups is 1. The Bertz CT molecular complexity index is 283. The lowest BCUT2D eigenvalue weighted by molar-refractivity contribution is 0.223. The van der Waals surface area contributed by atoms with Crippen molar-refractivity contribution in [1.29, 1.82) is 0 Å². The molecular weight excluding hydrogens is 190 g/mol. The molecule has 1 rings (SSSR count). The lowest BCUT2D eigenvalue weighted by Crippen LogP contribution is -2.33. The minimum absolute atomic E-state index is 0.185. The highest BCUT2D eigenvalue weighted by Gasteiger charge is 2.09. The van der Waals surface area contributed by atoms with Gasteiger partial charge in [-0.1, -0.05) is 13.8 Å². The molecule has 0 amide bonds. The van der Waals surface area contributed by atoms with E-state index < -0.39 is 0 Å². The second-order valence-electron chi connectivity index (χ2n) is 4.41. The van der Waals surface area contributed by atoms with Crippen LogP contribution < -0.4 is 5.32 Å². The van der Waals surface area contributed by atoms with Gasteiger partial charge in [0, 0.05) is 31.4 Å². The summed E-state index contributed by atoms with van der Waals surface area (Å²) in [5.74, 6) is 0.601. The molecule has 2 N–H and O–H groups in total. The zero-order chi connectivity index (χ0) is 11.3. The zero-order valence-corrected chi connectivity index (χ0v) is 9.77. The third-order valence-electron chi connectivity index (χ3n) is 2.33. The van der Waals surface area contributed by atoms with E-state index in [-0.39, 0.29) is 12.6 Å². The fourth-order valence-electron chi connectivity index (χ4n) is 1.62. The van der Waals surface area contributed by atoms with Gasteiger partial charge >= 0.3 is 0 Å². The Hall–Kier alpha value is -0.870. The van der Waals surface area contributed by atoms with Gasteiger partial charge in [-0.3, -0.25) is 4.68 Å². The predicted molar refractivity (Wildman–Crippen MR) is 60.4 cm³/mol. The monoisotopic (exact) mass is 211 g/mol. The van der Waals surface area contributed by atoms with Crippen LogP contribution in [0, 0.1) is 5.92 Å². The smallest absolute Gasteiger partial charge is 0.0584 e. The number of hydrogen-bond acceptors (Lipinski definition) is 3. The molecule has 0 bridgehead atoms. The van der Waals surface area contributed by atoms with Crippen LogP contribution in [-0.4, -0.2) is 27.5 Å². The van der Waals surface area contributed by atoms with E-state index in [2.05, 4.69) is 24.3 Å². The molecule has 0 fully saturated rings.